The summed E-state index contributed by atoms with van der Waals surface area (Å²) in [6, 6.07) is 0.468. The minimum atomic E-state index is 0.257. The van der Waals surface area contributed by atoms with Crippen molar-refractivity contribution in [1.82, 2.24) is 10.3 Å². The van der Waals surface area contributed by atoms with E-state index in [2.05, 4.69) is 58.8 Å². The fourth-order valence-corrected chi connectivity index (χ4v) is 3.19. The third-order valence-electron chi connectivity index (χ3n) is 3.93. The van der Waals surface area contributed by atoms with Gasteiger partial charge in [0.1, 0.15) is 0 Å². The van der Waals surface area contributed by atoms with Crippen LogP contribution in [-0.4, -0.2) is 24.6 Å². The molecule has 0 saturated heterocycles. The van der Waals surface area contributed by atoms with Crippen LogP contribution in [0.1, 0.15) is 58.5 Å². The zero-order chi connectivity index (χ0) is 15.3. The smallest absolute Gasteiger partial charge is 0.185 e. The molecule has 0 aliphatic rings. The molecule has 1 rings (SSSR count). The Balaban J connectivity index is 2.94. The zero-order valence-corrected chi connectivity index (χ0v) is 15.0. The number of thiazole rings is 1. The Morgan fingerprint density at radius 3 is 2.45 bits per heavy atom. The van der Waals surface area contributed by atoms with Crippen LogP contribution in [0.2, 0.25) is 0 Å². The molecule has 1 unspecified atom stereocenters. The van der Waals surface area contributed by atoms with Gasteiger partial charge in [-0.2, -0.15) is 0 Å². The van der Waals surface area contributed by atoms with Crippen LogP contribution in [0.15, 0.2) is 0 Å². The highest BCUT2D eigenvalue weighted by Gasteiger charge is 2.26. The van der Waals surface area contributed by atoms with E-state index in [1.165, 1.54) is 10.6 Å². The Bertz CT molecular complexity index is 406. The summed E-state index contributed by atoms with van der Waals surface area (Å²) >= 11 is 1.84. The van der Waals surface area contributed by atoms with Gasteiger partial charge in [-0.25, -0.2) is 4.98 Å². The number of anilines is 1. The molecule has 116 valence electrons. The minimum absolute atomic E-state index is 0.257. The highest BCUT2D eigenvalue weighted by atomic mass is 32.1. The summed E-state index contributed by atoms with van der Waals surface area (Å²) in [5.74, 6) is 0. The molecular formula is C16H31N3S. The Morgan fingerprint density at radius 2 is 1.95 bits per heavy atom. The average molecular weight is 298 g/mol. The lowest BCUT2D eigenvalue weighted by Gasteiger charge is -2.35. The molecule has 0 aromatic carbocycles. The Labute approximate surface area is 128 Å². The van der Waals surface area contributed by atoms with Gasteiger partial charge in [0.05, 0.1) is 5.69 Å². The molecule has 0 amide bonds. The molecule has 0 spiro atoms. The number of rotatable bonds is 7. The topological polar surface area (TPSA) is 28.2 Å². The van der Waals surface area contributed by atoms with Crippen LogP contribution >= 0.6 is 11.3 Å². The van der Waals surface area contributed by atoms with Crippen LogP contribution < -0.4 is 10.2 Å². The predicted molar refractivity (Wildman–Crippen MR) is 90.8 cm³/mol. The molecule has 0 aliphatic heterocycles. The van der Waals surface area contributed by atoms with Crippen molar-refractivity contribution in [1.29, 1.82) is 0 Å². The molecule has 1 heterocycles. The monoisotopic (exact) mass is 297 g/mol. The van der Waals surface area contributed by atoms with E-state index in [-0.39, 0.29) is 5.41 Å². The summed E-state index contributed by atoms with van der Waals surface area (Å²) in [4.78, 5) is 8.62. The fraction of sp³-hybridized carbons (Fsp3) is 0.812. The van der Waals surface area contributed by atoms with Crippen molar-refractivity contribution in [2.45, 2.75) is 67.0 Å². The van der Waals surface area contributed by atoms with Crippen molar-refractivity contribution in [2.24, 2.45) is 5.41 Å². The van der Waals surface area contributed by atoms with Crippen molar-refractivity contribution in [3.05, 3.63) is 10.6 Å². The van der Waals surface area contributed by atoms with E-state index in [9.17, 15) is 0 Å². The number of nitrogens with zero attached hydrogens (tertiary/aromatic N) is 2. The Hall–Kier alpha value is -0.610. The lowest BCUT2D eigenvalue weighted by Crippen LogP contribution is -2.39. The van der Waals surface area contributed by atoms with E-state index in [0.29, 0.717) is 6.04 Å². The Morgan fingerprint density at radius 1 is 1.30 bits per heavy atom. The molecule has 0 aliphatic carbocycles. The molecule has 20 heavy (non-hydrogen) atoms. The molecule has 1 atom stereocenters. The molecule has 3 nitrogen and oxygen atoms in total. The summed E-state index contributed by atoms with van der Waals surface area (Å²) in [6.07, 6.45) is 2.23. The number of aryl methyl sites for hydroxylation is 1. The largest absolute Gasteiger partial charge is 0.348 e. The zero-order valence-electron chi connectivity index (χ0n) is 14.2. The van der Waals surface area contributed by atoms with Crippen LogP contribution in [0, 0.1) is 5.41 Å². The van der Waals surface area contributed by atoms with Gasteiger partial charge in [-0.15, -0.1) is 11.3 Å². The molecule has 0 radical (unpaired) electrons. The molecule has 4 heteroatoms. The summed E-state index contributed by atoms with van der Waals surface area (Å²) in [5.41, 5.74) is 1.54. The first-order chi connectivity index (χ1) is 9.31. The first kappa shape index (κ1) is 17.4. The normalized spacial score (nSPS) is 13.6. The van der Waals surface area contributed by atoms with Gasteiger partial charge in [-0.3, -0.25) is 0 Å². The summed E-state index contributed by atoms with van der Waals surface area (Å²) in [5, 5.41) is 4.58. The number of hydrogen-bond donors (Lipinski definition) is 1. The van der Waals surface area contributed by atoms with Crippen LogP contribution in [0.3, 0.4) is 0 Å². The van der Waals surface area contributed by atoms with Gasteiger partial charge in [0.15, 0.2) is 5.13 Å². The van der Waals surface area contributed by atoms with Gasteiger partial charge in [0, 0.05) is 24.5 Å². The fourth-order valence-electron chi connectivity index (χ4n) is 2.08. The van der Waals surface area contributed by atoms with E-state index >= 15 is 0 Å². The number of aromatic nitrogens is 1. The van der Waals surface area contributed by atoms with Crippen LogP contribution in [0.5, 0.6) is 0 Å². The maximum atomic E-state index is 4.89. The first-order valence-corrected chi connectivity index (χ1v) is 8.55. The molecule has 0 fully saturated rings. The maximum absolute atomic E-state index is 4.89. The van der Waals surface area contributed by atoms with Gasteiger partial charge in [-0.1, -0.05) is 41.0 Å². The van der Waals surface area contributed by atoms with Crippen molar-refractivity contribution < 1.29 is 0 Å². The van der Waals surface area contributed by atoms with E-state index in [0.717, 1.165) is 31.1 Å². The third kappa shape index (κ3) is 4.45. The molecule has 1 aromatic heterocycles. The van der Waals surface area contributed by atoms with Crippen molar-refractivity contribution in [2.75, 3.05) is 18.5 Å². The molecule has 0 saturated carbocycles. The highest BCUT2D eigenvalue weighted by Crippen LogP contribution is 2.32. The second-order valence-electron chi connectivity index (χ2n) is 6.55. The number of nitrogens with one attached hydrogen (secondary N) is 1. The third-order valence-corrected chi connectivity index (χ3v) is 5.11. The highest BCUT2D eigenvalue weighted by molar-refractivity contribution is 7.15. The second kappa shape index (κ2) is 7.41. The lowest BCUT2D eigenvalue weighted by molar-refractivity contribution is 0.329. The van der Waals surface area contributed by atoms with E-state index < -0.39 is 0 Å². The second-order valence-corrected chi connectivity index (χ2v) is 7.61. The summed E-state index contributed by atoms with van der Waals surface area (Å²) in [7, 11) is 2.17. The van der Waals surface area contributed by atoms with Gasteiger partial charge in [0.25, 0.3) is 0 Å². The van der Waals surface area contributed by atoms with E-state index in [1.807, 2.05) is 11.3 Å². The Kier molecular flexibility index (Phi) is 6.46. The quantitative estimate of drug-likeness (QED) is 0.822. The van der Waals surface area contributed by atoms with Gasteiger partial charge >= 0.3 is 0 Å². The molecule has 0 bridgehead atoms. The molecule has 1 aromatic rings. The first-order valence-electron chi connectivity index (χ1n) is 7.73. The van der Waals surface area contributed by atoms with Gasteiger partial charge < -0.3 is 10.2 Å². The lowest BCUT2D eigenvalue weighted by atomic mass is 9.87. The van der Waals surface area contributed by atoms with Crippen molar-refractivity contribution in [3.8, 4) is 0 Å². The van der Waals surface area contributed by atoms with Gasteiger partial charge in [0.2, 0.25) is 0 Å². The van der Waals surface area contributed by atoms with Gasteiger partial charge in [-0.05, 0) is 25.3 Å². The SMILES string of the molecule is CCCc1nc(N(C)C(C)C(C)(C)C)sc1CNCC. The molecule has 1 N–H and O–H groups in total. The molecular weight excluding hydrogens is 266 g/mol. The van der Waals surface area contributed by atoms with Crippen LogP contribution in [-0.2, 0) is 13.0 Å². The summed E-state index contributed by atoms with van der Waals surface area (Å²) < 4.78 is 0. The average Bonchev–Trinajstić information content (AvgIpc) is 2.77. The maximum Gasteiger partial charge on any atom is 0.185 e. The van der Waals surface area contributed by atoms with E-state index in [4.69, 9.17) is 4.98 Å². The van der Waals surface area contributed by atoms with E-state index in [1.54, 1.807) is 0 Å². The summed E-state index contributed by atoms with van der Waals surface area (Å²) in [6.45, 7) is 15.5. The number of hydrogen-bond acceptors (Lipinski definition) is 4. The minimum Gasteiger partial charge on any atom is -0.348 e. The van der Waals surface area contributed by atoms with Crippen molar-refractivity contribution >= 4 is 16.5 Å². The predicted octanol–water partition coefficient (Wildman–Crippen LogP) is 4.08. The van der Waals surface area contributed by atoms with Crippen LogP contribution in [0.4, 0.5) is 5.13 Å². The standard InChI is InChI=1S/C16H31N3S/c1-8-10-13-14(11-17-9-2)20-15(18-13)19(7)12(3)16(4,5)6/h12,17H,8-11H2,1-7H3. The van der Waals surface area contributed by atoms with Crippen LogP contribution in [0.25, 0.3) is 0 Å². The van der Waals surface area contributed by atoms with Crippen molar-refractivity contribution in [3.63, 3.8) is 0 Å².